The molecule has 0 bridgehead atoms. The maximum absolute atomic E-state index is 12.8. The van der Waals surface area contributed by atoms with Crippen molar-refractivity contribution in [1.29, 1.82) is 0 Å². The van der Waals surface area contributed by atoms with Crippen molar-refractivity contribution in [3.8, 4) is 5.75 Å². The smallest absolute Gasteiger partial charge is 0.255 e. The lowest BCUT2D eigenvalue weighted by atomic mass is 10.2. The first kappa shape index (κ1) is 18.0. The molecule has 1 saturated heterocycles. The Morgan fingerprint density at radius 2 is 1.80 bits per heavy atom. The molecule has 1 fully saturated rings. The molecule has 5 heteroatoms. The van der Waals surface area contributed by atoms with E-state index < -0.39 is 0 Å². The first-order valence-corrected chi connectivity index (χ1v) is 9.36. The SMILES string of the molecule is COc1ccc(CN2CCCN(C(=O)c3ccccc3Br)CC2)cc1. The number of hydrogen-bond donors (Lipinski definition) is 0. The van der Waals surface area contributed by atoms with Crippen LogP contribution in [0.4, 0.5) is 0 Å². The van der Waals surface area contributed by atoms with Crippen LogP contribution in [0.15, 0.2) is 53.0 Å². The van der Waals surface area contributed by atoms with E-state index in [-0.39, 0.29) is 5.91 Å². The fourth-order valence-electron chi connectivity index (χ4n) is 3.13. The van der Waals surface area contributed by atoms with E-state index in [0.29, 0.717) is 0 Å². The van der Waals surface area contributed by atoms with Crippen LogP contribution >= 0.6 is 15.9 Å². The van der Waals surface area contributed by atoms with Crippen LogP contribution in [-0.4, -0.2) is 49.0 Å². The van der Waals surface area contributed by atoms with E-state index in [0.717, 1.165) is 54.9 Å². The molecule has 2 aromatic rings. The molecule has 0 atom stereocenters. The molecule has 1 aliphatic rings. The van der Waals surface area contributed by atoms with Gasteiger partial charge in [-0.1, -0.05) is 24.3 Å². The van der Waals surface area contributed by atoms with E-state index in [9.17, 15) is 4.79 Å². The van der Waals surface area contributed by atoms with Gasteiger partial charge in [0.1, 0.15) is 5.75 Å². The van der Waals surface area contributed by atoms with Gasteiger partial charge in [0.15, 0.2) is 0 Å². The largest absolute Gasteiger partial charge is 0.497 e. The van der Waals surface area contributed by atoms with Crippen molar-refractivity contribution in [3.63, 3.8) is 0 Å². The summed E-state index contributed by atoms with van der Waals surface area (Å²) in [6.07, 6.45) is 0.992. The van der Waals surface area contributed by atoms with Crippen molar-refractivity contribution >= 4 is 21.8 Å². The maximum Gasteiger partial charge on any atom is 0.255 e. The molecule has 4 nitrogen and oxygen atoms in total. The third kappa shape index (κ3) is 4.61. The van der Waals surface area contributed by atoms with Gasteiger partial charge in [-0.15, -0.1) is 0 Å². The van der Waals surface area contributed by atoms with Crippen molar-refractivity contribution < 1.29 is 9.53 Å². The summed E-state index contributed by atoms with van der Waals surface area (Å²) in [4.78, 5) is 17.2. The maximum atomic E-state index is 12.8. The Labute approximate surface area is 157 Å². The number of carbonyl (C=O) groups excluding carboxylic acids is 1. The molecule has 0 N–H and O–H groups in total. The zero-order valence-corrected chi connectivity index (χ0v) is 16.0. The summed E-state index contributed by atoms with van der Waals surface area (Å²) in [5.41, 5.74) is 2.01. The van der Waals surface area contributed by atoms with E-state index in [1.54, 1.807) is 7.11 Å². The van der Waals surface area contributed by atoms with Gasteiger partial charge in [-0.05, 0) is 52.2 Å². The molecule has 2 aromatic carbocycles. The molecular formula is C20H23BrN2O2. The molecule has 1 heterocycles. The Morgan fingerprint density at radius 1 is 1.04 bits per heavy atom. The van der Waals surface area contributed by atoms with E-state index >= 15 is 0 Å². The molecule has 0 aliphatic carbocycles. The predicted molar refractivity (Wildman–Crippen MR) is 103 cm³/mol. The number of rotatable bonds is 4. The molecule has 25 heavy (non-hydrogen) atoms. The monoisotopic (exact) mass is 402 g/mol. The van der Waals surface area contributed by atoms with E-state index in [1.165, 1.54) is 5.56 Å². The Balaban J connectivity index is 1.60. The van der Waals surface area contributed by atoms with Crippen molar-refractivity contribution in [1.82, 2.24) is 9.80 Å². The van der Waals surface area contributed by atoms with Crippen LogP contribution in [0.1, 0.15) is 22.3 Å². The lowest BCUT2D eigenvalue weighted by Crippen LogP contribution is -2.35. The van der Waals surface area contributed by atoms with Crippen LogP contribution in [0, 0.1) is 0 Å². The highest BCUT2D eigenvalue weighted by atomic mass is 79.9. The van der Waals surface area contributed by atoms with Crippen LogP contribution < -0.4 is 4.74 Å². The van der Waals surface area contributed by atoms with Crippen molar-refractivity contribution in [2.24, 2.45) is 0 Å². The predicted octanol–water partition coefficient (Wildman–Crippen LogP) is 3.81. The van der Waals surface area contributed by atoms with E-state index in [4.69, 9.17) is 4.74 Å². The summed E-state index contributed by atoms with van der Waals surface area (Å²) < 4.78 is 6.07. The summed E-state index contributed by atoms with van der Waals surface area (Å²) in [5, 5.41) is 0. The van der Waals surface area contributed by atoms with Crippen molar-refractivity contribution in [2.75, 3.05) is 33.3 Å². The summed E-state index contributed by atoms with van der Waals surface area (Å²) in [6.45, 7) is 4.37. The molecule has 1 amide bonds. The van der Waals surface area contributed by atoms with Crippen LogP contribution in [0.2, 0.25) is 0 Å². The third-order valence-corrected chi connectivity index (χ3v) is 5.24. The first-order chi connectivity index (χ1) is 12.2. The van der Waals surface area contributed by atoms with Gasteiger partial charge in [0, 0.05) is 37.2 Å². The minimum atomic E-state index is 0.110. The number of ether oxygens (including phenoxy) is 1. The summed E-state index contributed by atoms with van der Waals surface area (Å²) >= 11 is 3.48. The second-order valence-electron chi connectivity index (χ2n) is 6.25. The lowest BCUT2D eigenvalue weighted by Gasteiger charge is -2.22. The van der Waals surface area contributed by atoms with Crippen molar-refractivity contribution in [3.05, 3.63) is 64.1 Å². The summed E-state index contributed by atoms with van der Waals surface area (Å²) in [5.74, 6) is 0.989. The second-order valence-corrected chi connectivity index (χ2v) is 7.10. The Bertz CT molecular complexity index is 718. The number of amides is 1. The summed E-state index contributed by atoms with van der Waals surface area (Å²) in [7, 11) is 1.68. The molecule has 0 saturated carbocycles. The highest BCUT2D eigenvalue weighted by Gasteiger charge is 2.21. The minimum Gasteiger partial charge on any atom is -0.497 e. The molecule has 132 valence electrons. The zero-order valence-electron chi connectivity index (χ0n) is 14.5. The standard InChI is InChI=1S/C20H23BrN2O2/c1-25-17-9-7-16(8-10-17)15-22-11-4-12-23(14-13-22)20(24)18-5-2-3-6-19(18)21/h2-3,5-10H,4,11-15H2,1H3. The molecule has 0 radical (unpaired) electrons. The third-order valence-electron chi connectivity index (χ3n) is 4.55. The zero-order chi connectivity index (χ0) is 17.6. The Morgan fingerprint density at radius 3 is 2.52 bits per heavy atom. The van der Waals surface area contributed by atoms with Gasteiger partial charge in [0.25, 0.3) is 5.91 Å². The van der Waals surface area contributed by atoms with Crippen LogP contribution in [0.25, 0.3) is 0 Å². The molecular weight excluding hydrogens is 380 g/mol. The number of methoxy groups -OCH3 is 1. The van der Waals surface area contributed by atoms with Gasteiger partial charge in [-0.3, -0.25) is 9.69 Å². The van der Waals surface area contributed by atoms with Crippen LogP contribution in [-0.2, 0) is 6.54 Å². The quantitative estimate of drug-likeness (QED) is 0.779. The highest BCUT2D eigenvalue weighted by molar-refractivity contribution is 9.10. The Hall–Kier alpha value is -1.85. The van der Waals surface area contributed by atoms with E-state index in [2.05, 4.69) is 33.0 Å². The average molecular weight is 403 g/mol. The molecule has 1 aliphatic heterocycles. The molecule has 0 aromatic heterocycles. The number of halogens is 1. The number of benzene rings is 2. The lowest BCUT2D eigenvalue weighted by molar-refractivity contribution is 0.0760. The van der Waals surface area contributed by atoms with Gasteiger partial charge in [-0.2, -0.15) is 0 Å². The highest BCUT2D eigenvalue weighted by Crippen LogP contribution is 2.19. The second kappa shape index (κ2) is 8.50. The van der Waals surface area contributed by atoms with Crippen LogP contribution in [0.3, 0.4) is 0 Å². The number of hydrogen-bond acceptors (Lipinski definition) is 3. The van der Waals surface area contributed by atoms with Gasteiger partial charge in [0.05, 0.1) is 12.7 Å². The first-order valence-electron chi connectivity index (χ1n) is 8.56. The van der Waals surface area contributed by atoms with Gasteiger partial charge in [-0.25, -0.2) is 0 Å². The fourth-order valence-corrected chi connectivity index (χ4v) is 3.58. The molecule has 3 rings (SSSR count). The number of carbonyl (C=O) groups is 1. The normalized spacial score (nSPS) is 15.7. The summed E-state index contributed by atoms with van der Waals surface area (Å²) in [6, 6.07) is 15.8. The average Bonchev–Trinajstić information content (AvgIpc) is 2.88. The van der Waals surface area contributed by atoms with E-state index in [1.807, 2.05) is 41.3 Å². The Kier molecular flexibility index (Phi) is 6.10. The molecule has 0 spiro atoms. The fraction of sp³-hybridized carbons (Fsp3) is 0.350. The van der Waals surface area contributed by atoms with Gasteiger partial charge in [0.2, 0.25) is 0 Å². The van der Waals surface area contributed by atoms with Gasteiger partial charge < -0.3 is 9.64 Å². The minimum absolute atomic E-state index is 0.110. The topological polar surface area (TPSA) is 32.8 Å². The van der Waals surface area contributed by atoms with Crippen LogP contribution in [0.5, 0.6) is 5.75 Å². The van der Waals surface area contributed by atoms with Gasteiger partial charge >= 0.3 is 0 Å². The molecule has 0 unspecified atom stereocenters. The van der Waals surface area contributed by atoms with Crippen molar-refractivity contribution in [2.45, 2.75) is 13.0 Å². The number of nitrogens with zero attached hydrogens (tertiary/aromatic N) is 2.